The number of nitrogens with zero attached hydrogens (tertiary/aromatic N) is 1. The minimum absolute atomic E-state index is 0.205. The Morgan fingerprint density at radius 3 is 2.21 bits per heavy atom. The predicted octanol–water partition coefficient (Wildman–Crippen LogP) is 2.91. The maximum atomic E-state index is 12.0. The van der Waals surface area contributed by atoms with Crippen molar-refractivity contribution >= 4 is 0 Å². The molecule has 0 bridgehead atoms. The van der Waals surface area contributed by atoms with E-state index in [1.807, 2.05) is 0 Å². The Kier molecular flexibility index (Phi) is 2.69. The highest BCUT2D eigenvalue weighted by Crippen LogP contribution is 2.28. The summed E-state index contributed by atoms with van der Waals surface area (Å²) in [4.78, 5) is 3.89. The van der Waals surface area contributed by atoms with Gasteiger partial charge < -0.3 is 4.74 Å². The molecule has 0 aliphatic carbocycles. The molecule has 0 N–H and O–H groups in total. The lowest BCUT2D eigenvalue weighted by Gasteiger charge is -2.13. The van der Waals surface area contributed by atoms with Crippen LogP contribution in [0.4, 0.5) is 13.2 Å². The van der Waals surface area contributed by atoms with E-state index in [2.05, 4.69) is 9.72 Å². The van der Waals surface area contributed by atoms with E-state index in [1.165, 1.54) is 6.92 Å². The Morgan fingerprint density at radius 2 is 1.79 bits per heavy atom. The van der Waals surface area contributed by atoms with Crippen molar-refractivity contribution in [2.75, 3.05) is 0 Å². The molecule has 0 unspecified atom stereocenters. The number of aromatic nitrogens is 1. The first-order valence-electron chi connectivity index (χ1n) is 4.00. The largest absolute Gasteiger partial charge is 0.573 e. The first kappa shape index (κ1) is 10.8. The van der Waals surface area contributed by atoms with Crippen molar-refractivity contribution in [3.63, 3.8) is 0 Å². The maximum Gasteiger partial charge on any atom is 0.573 e. The van der Waals surface area contributed by atoms with Gasteiger partial charge in [-0.25, -0.2) is 0 Å². The second-order valence-electron chi connectivity index (χ2n) is 3.04. The highest BCUT2D eigenvalue weighted by molar-refractivity contribution is 5.37. The van der Waals surface area contributed by atoms with Crippen LogP contribution in [-0.4, -0.2) is 11.3 Å². The van der Waals surface area contributed by atoms with Crippen LogP contribution in [0.1, 0.15) is 17.0 Å². The van der Waals surface area contributed by atoms with Gasteiger partial charge >= 0.3 is 6.36 Å². The number of hydrogen-bond acceptors (Lipinski definition) is 2. The molecule has 78 valence electrons. The van der Waals surface area contributed by atoms with Crippen LogP contribution in [0.5, 0.6) is 5.75 Å². The maximum absolute atomic E-state index is 12.0. The summed E-state index contributed by atoms with van der Waals surface area (Å²) in [7, 11) is 0. The van der Waals surface area contributed by atoms with Gasteiger partial charge in [0.15, 0.2) is 5.75 Å². The van der Waals surface area contributed by atoms with Crippen molar-refractivity contribution in [3.8, 4) is 5.75 Å². The Bertz CT molecular complexity index is 323. The van der Waals surface area contributed by atoms with Crippen LogP contribution in [0.3, 0.4) is 0 Å². The summed E-state index contributed by atoms with van der Waals surface area (Å²) in [6, 6.07) is 1.55. The first-order valence-corrected chi connectivity index (χ1v) is 4.00. The van der Waals surface area contributed by atoms with Crippen molar-refractivity contribution in [2.45, 2.75) is 27.1 Å². The minimum atomic E-state index is -4.66. The molecule has 0 amide bonds. The van der Waals surface area contributed by atoms with Gasteiger partial charge in [-0.15, -0.1) is 13.2 Å². The van der Waals surface area contributed by atoms with Crippen molar-refractivity contribution < 1.29 is 17.9 Å². The molecule has 2 nitrogen and oxygen atoms in total. The normalized spacial score (nSPS) is 11.6. The van der Waals surface area contributed by atoms with E-state index < -0.39 is 6.36 Å². The lowest BCUT2D eigenvalue weighted by molar-refractivity contribution is -0.275. The molecule has 0 aromatic carbocycles. The highest BCUT2D eigenvalue weighted by atomic mass is 19.4. The molecular weight excluding hydrogens is 195 g/mol. The van der Waals surface area contributed by atoms with Crippen molar-refractivity contribution in [3.05, 3.63) is 23.0 Å². The number of pyridine rings is 1. The highest BCUT2D eigenvalue weighted by Gasteiger charge is 2.32. The van der Waals surface area contributed by atoms with E-state index in [0.717, 1.165) is 0 Å². The Morgan fingerprint density at radius 1 is 1.21 bits per heavy atom. The van der Waals surface area contributed by atoms with E-state index in [1.54, 1.807) is 19.9 Å². The second-order valence-corrected chi connectivity index (χ2v) is 3.04. The van der Waals surface area contributed by atoms with E-state index in [-0.39, 0.29) is 11.4 Å². The SMILES string of the molecule is Cc1cc(C)c(OC(F)(F)F)c(C)n1. The van der Waals surface area contributed by atoms with Crippen molar-refractivity contribution in [2.24, 2.45) is 0 Å². The fraction of sp³-hybridized carbons (Fsp3) is 0.444. The van der Waals surface area contributed by atoms with Gasteiger partial charge in [0.1, 0.15) is 0 Å². The van der Waals surface area contributed by atoms with Crippen LogP contribution in [-0.2, 0) is 0 Å². The Labute approximate surface area is 79.7 Å². The number of aryl methyl sites for hydroxylation is 3. The zero-order valence-corrected chi connectivity index (χ0v) is 8.07. The van der Waals surface area contributed by atoms with Gasteiger partial charge in [-0.1, -0.05) is 0 Å². The standard InChI is InChI=1S/C9H10F3NO/c1-5-4-6(2)13-7(3)8(5)14-9(10,11)12/h4H,1-3H3. The first-order chi connectivity index (χ1) is 6.29. The van der Waals surface area contributed by atoms with Crippen LogP contribution in [0.15, 0.2) is 6.07 Å². The van der Waals surface area contributed by atoms with Gasteiger partial charge in [0.05, 0.1) is 5.69 Å². The average Bonchev–Trinajstić information content (AvgIpc) is 1.95. The molecule has 1 heterocycles. The fourth-order valence-corrected chi connectivity index (χ4v) is 1.28. The molecule has 0 fully saturated rings. The summed E-state index contributed by atoms with van der Waals surface area (Å²) in [5, 5.41) is 0. The van der Waals surface area contributed by atoms with Gasteiger partial charge in [-0.2, -0.15) is 0 Å². The van der Waals surface area contributed by atoms with Crippen molar-refractivity contribution in [1.82, 2.24) is 4.98 Å². The predicted molar refractivity (Wildman–Crippen MR) is 45.1 cm³/mol. The summed E-state index contributed by atoms with van der Waals surface area (Å²) in [6.45, 7) is 4.77. The lowest BCUT2D eigenvalue weighted by Crippen LogP contribution is -2.19. The molecule has 0 aliphatic heterocycles. The van der Waals surface area contributed by atoms with E-state index in [9.17, 15) is 13.2 Å². The summed E-state index contributed by atoms with van der Waals surface area (Å²) in [5.41, 5.74) is 1.36. The van der Waals surface area contributed by atoms with Gasteiger partial charge in [0.25, 0.3) is 0 Å². The molecular formula is C9H10F3NO. The molecule has 0 atom stereocenters. The molecule has 1 aromatic rings. The molecule has 0 aliphatic rings. The average molecular weight is 205 g/mol. The summed E-state index contributed by atoms with van der Waals surface area (Å²) in [6.07, 6.45) is -4.66. The monoisotopic (exact) mass is 205 g/mol. The lowest BCUT2D eigenvalue weighted by atomic mass is 10.2. The quantitative estimate of drug-likeness (QED) is 0.703. The fourth-order valence-electron chi connectivity index (χ4n) is 1.28. The van der Waals surface area contributed by atoms with E-state index in [4.69, 9.17) is 0 Å². The summed E-state index contributed by atoms with van der Waals surface area (Å²) < 4.78 is 39.7. The summed E-state index contributed by atoms with van der Waals surface area (Å²) >= 11 is 0. The number of halogens is 3. The molecule has 0 radical (unpaired) electrons. The second kappa shape index (κ2) is 3.48. The number of hydrogen-bond donors (Lipinski definition) is 0. The third-order valence-electron chi connectivity index (χ3n) is 1.67. The smallest absolute Gasteiger partial charge is 0.404 e. The van der Waals surface area contributed by atoms with Crippen LogP contribution in [0, 0.1) is 20.8 Å². The minimum Gasteiger partial charge on any atom is -0.404 e. The Balaban J connectivity index is 3.09. The van der Waals surface area contributed by atoms with E-state index >= 15 is 0 Å². The van der Waals surface area contributed by atoms with Gasteiger partial charge in [-0.3, -0.25) is 4.98 Å². The zero-order valence-electron chi connectivity index (χ0n) is 8.07. The molecule has 14 heavy (non-hydrogen) atoms. The topological polar surface area (TPSA) is 22.1 Å². The van der Waals surface area contributed by atoms with Gasteiger partial charge in [0.2, 0.25) is 0 Å². The molecule has 0 spiro atoms. The molecule has 1 rings (SSSR count). The zero-order chi connectivity index (χ0) is 10.9. The third kappa shape index (κ3) is 2.61. The third-order valence-corrected chi connectivity index (χ3v) is 1.67. The van der Waals surface area contributed by atoms with E-state index in [0.29, 0.717) is 11.3 Å². The molecule has 0 saturated heterocycles. The van der Waals surface area contributed by atoms with Crippen LogP contribution < -0.4 is 4.74 Å². The van der Waals surface area contributed by atoms with Crippen LogP contribution in [0.2, 0.25) is 0 Å². The number of alkyl halides is 3. The van der Waals surface area contributed by atoms with Gasteiger partial charge in [-0.05, 0) is 32.4 Å². The Hall–Kier alpha value is -1.26. The van der Waals surface area contributed by atoms with Crippen LogP contribution in [0.25, 0.3) is 0 Å². The number of ether oxygens (including phenoxy) is 1. The number of rotatable bonds is 1. The molecule has 0 saturated carbocycles. The summed E-state index contributed by atoms with van der Waals surface area (Å²) in [5.74, 6) is -0.205. The molecule has 5 heteroatoms. The van der Waals surface area contributed by atoms with Gasteiger partial charge in [0, 0.05) is 5.69 Å². The van der Waals surface area contributed by atoms with Crippen molar-refractivity contribution in [1.29, 1.82) is 0 Å². The molecule has 1 aromatic heterocycles. The van der Waals surface area contributed by atoms with Crippen LogP contribution >= 0.6 is 0 Å².